The van der Waals surface area contributed by atoms with E-state index in [1.54, 1.807) is 6.92 Å². The van der Waals surface area contributed by atoms with Crippen molar-refractivity contribution in [3.05, 3.63) is 0 Å². The number of sulfonamides is 1. The van der Waals surface area contributed by atoms with Crippen LogP contribution in [0, 0.1) is 5.92 Å². The lowest BCUT2D eigenvalue weighted by Gasteiger charge is -2.14. The van der Waals surface area contributed by atoms with Crippen molar-refractivity contribution in [3.8, 4) is 0 Å². The summed E-state index contributed by atoms with van der Waals surface area (Å²) in [7, 11) is -3.37. The van der Waals surface area contributed by atoms with E-state index in [0.29, 0.717) is 13.0 Å². The van der Waals surface area contributed by atoms with Crippen LogP contribution in [0.1, 0.15) is 39.0 Å². The second kappa shape index (κ2) is 5.93. The fraction of sp³-hybridized carbons (Fsp3) is 0.900. The van der Waals surface area contributed by atoms with Gasteiger partial charge in [-0.1, -0.05) is 32.0 Å². The molecule has 1 fully saturated rings. The Balaban J connectivity index is 2.33. The van der Waals surface area contributed by atoms with E-state index >= 15 is 0 Å². The van der Waals surface area contributed by atoms with Crippen LogP contribution in [-0.2, 0) is 10.0 Å². The summed E-state index contributed by atoms with van der Waals surface area (Å²) in [5, 5.41) is -0.733. The van der Waals surface area contributed by atoms with Crippen molar-refractivity contribution in [2.24, 2.45) is 11.7 Å². The van der Waals surface area contributed by atoms with Gasteiger partial charge in [-0.2, -0.15) is 0 Å². The Bertz CT molecular complexity index is 337. The molecule has 1 aliphatic carbocycles. The van der Waals surface area contributed by atoms with Gasteiger partial charge in [0.25, 0.3) is 0 Å². The Kier molecular flexibility index (Phi) is 5.14. The summed E-state index contributed by atoms with van der Waals surface area (Å²) in [6.07, 6.45) is 5.05. The SMILES string of the molecule is CCC(C(N)=S)S(=O)(=O)NCCCC1CC1. The quantitative estimate of drug-likeness (QED) is 0.510. The molecule has 0 spiro atoms. The largest absolute Gasteiger partial charge is 0.392 e. The average molecular weight is 264 g/mol. The van der Waals surface area contributed by atoms with E-state index < -0.39 is 15.3 Å². The molecule has 0 radical (unpaired) electrons. The molecule has 0 aromatic rings. The van der Waals surface area contributed by atoms with Crippen molar-refractivity contribution in [1.82, 2.24) is 4.72 Å². The fourth-order valence-corrected chi connectivity index (χ4v) is 3.61. The maximum atomic E-state index is 11.8. The predicted molar refractivity (Wildman–Crippen MR) is 69.7 cm³/mol. The van der Waals surface area contributed by atoms with E-state index in [0.717, 1.165) is 18.8 Å². The third-order valence-corrected chi connectivity index (χ3v) is 5.23. The molecule has 1 aliphatic rings. The van der Waals surface area contributed by atoms with Gasteiger partial charge in [-0.25, -0.2) is 13.1 Å². The summed E-state index contributed by atoms with van der Waals surface area (Å²) in [5.74, 6) is 0.835. The molecule has 1 unspecified atom stereocenters. The summed E-state index contributed by atoms with van der Waals surface area (Å²) in [5.41, 5.74) is 5.41. The van der Waals surface area contributed by atoms with Gasteiger partial charge < -0.3 is 5.73 Å². The second-order valence-electron chi connectivity index (χ2n) is 4.32. The molecule has 0 aromatic heterocycles. The molecule has 0 aromatic carbocycles. The lowest BCUT2D eigenvalue weighted by Crippen LogP contribution is -2.41. The van der Waals surface area contributed by atoms with Gasteiger partial charge in [0, 0.05) is 6.54 Å². The molecule has 0 aliphatic heterocycles. The number of nitrogens with two attached hydrogens (primary N) is 1. The van der Waals surface area contributed by atoms with Crippen LogP contribution in [0.3, 0.4) is 0 Å². The minimum Gasteiger partial charge on any atom is -0.392 e. The molecule has 94 valence electrons. The Hall–Kier alpha value is -0.200. The zero-order valence-electron chi connectivity index (χ0n) is 9.61. The zero-order chi connectivity index (χ0) is 12.2. The maximum Gasteiger partial charge on any atom is 0.220 e. The van der Waals surface area contributed by atoms with E-state index in [1.165, 1.54) is 12.8 Å². The number of hydrogen-bond acceptors (Lipinski definition) is 3. The standard InChI is InChI=1S/C10H20N2O2S2/c1-2-9(10(11)15)16(13,14)12-7-3-4-8-5-6-8/h8-9,12H,2-7H2,1H3,(H2,11,15). The molecular formula is C10H20N2O2S2. The third kappa shape index (κ3) is 4.35. The monoisotopic (exact) mass is 264 g/mol. The van der Waals surface area contributed by atoms with E-state index in [1.807, 2.05) is 0 Å². The van der Waals surface area contributed by atoms with Crippen LogP contribution in [0.25, 0.3) is 0 Å². The topological polar surface area (TPSA) is 72.2 Å². The molecule has 1 rings (SSSR count). The zero-order valence-corrected chi connectivity index (χ0v) is 11.2. The highest BCUT2D eigenvalue weighted by atomic mass is 32.2. The van der Waals surface area contributed by atoms with Gasteiger partial charge in [-0.05, 0) is 25.2 Å². The number of thiocarbonyl (C=S) groups is 1. The Morgan fingerprint density at radius 1 is 1.56 bits per heavy atom. The van der Waals surface area contributed by atoms with Crippen molar-refractivity contribution in [3.63, 3.8) is 0 Å². The van der Waals surface area contributed by atoms with E-state index in [9.17, 15) is 8.42 Å². The van der Waals surface area contributed by atoms with Crippen LogP contribution in [0.4, 0.5) is 0 Å². The van der Waals surface area contributed by atoms with Gasteiger partial charge in [-0.15, -0.1) is 0 Å². The van der Waals surface area contributed by atoms with Crippen LogP contribution >= 0.6 is 12.2 Å². The van der Waals surface area contributed by atoms with E-state index in [2.05, 4.69) is 4.72 Å². The third-order valence-electron chi connectivity index (χ3n) is 2.85. The van der Waals surface area contributed by atoms with E-state index in [-0.39, 0.29) is 4.99 Å². The normalized spacial score (nSPS) is 18.3. The minimum atomic E-state index is -3.37. The van der Waals surface area contributed by atoms with Crippen molar-refractivity contribution in [1.29, 1.82) is 0 Å². The van der Waals surface area contributed by atoms with Crippen LogP contribution in [0.2, 0.25) is 0 Å². The molecule has 1 atom stereocenters. The highest BCUT2D eigenvalue weighted by Gasteiger charge is 2.26. The van der Waals surface area contributed by atoms with Gasteiger partial charge >= 0.3 is 0 Å². The van der Waals surface area contributed by atoms with Gasteiger partial charge in [0.05, 0.1) is 4.99 Å². The number of rotatable bonds is 8. The smallest absolute Gasteiger partial charge is 0.220 e. The highest BCUT2D eigenvalue weighted by molar-refractivity contribution is 7.93. The first-order valence-electron chi connectivity index (χ1n) is 5.75. The number of hydrogen-bond donors (Lipinski definition) is 2. The van der Waals surface area contributed by atoms with Crippen LogP contribution in [0.5, 0.6) is 0 Å². The predicted octanol–water partition coefficient (Wildman–Crippen LogP) is 1.16. The summed E-state index contributed by atoms with van der Waals surface area (Å²) < 4.78 is 26.1. The Morgan fingerprint density at radius 2 is 2.19 bits per heavy atom. The molecule has 16 heavy (non-hydrogen) atoms. The molecule has 0 heterocycles. The van der Waals surface area contributed by atoms with Crippen molar-refractivity contribution < 1.29 is 8.42 Å². The van der Waals surface area contributed by atoms with E-state index in [4.69, 9.17) is 18.0 Å². The fourth-order valence-electron chi connectivity index (χ4n) is 1.69. The van der Waals surface area contributed by atoms with Gasteiger partial charge in [0.15, 0.2) is 0 Å². The summed E-state index contributed by atoms with van der Waals surface area (Å²) in [6, 6.07) is 0. The molecule has 6 heteroatoms. The van der Waals surface area contributed by atoms with Crippen molar-refractivity contribution in [2.75, 3.05) is 6.54 Å². The molecule has 0 amide bonds. The summed E-state index contributed by atoms with van der Waals surface area (Å²) in [6.45, 7) is 2.27. The van der Waals surface area contributed by atoms with Crippen molar-refractivity contribution >= 4 is 27.2 Å². The van der Waals surface area contributed by atoms with Gasteiger partial charge in [0.2, 0.25) is 10.0 Å². The molecule has 4 nitrogen and oxygen atoms in total. The van der Waals surface area contributed by atoms with Crippen LogP contribution in [-0.4, -0.2) is 25.2 Å². The second-order valence-corrected chi connectivity index (χ2v) is 6.74. The lowest BCUT2D eigenvalue weighted by molar-refractivity contribution is 0.566. The summed E-state index contributed by atoms with van der Waals surface area (Å²) >= 11 is 4.75. The first-order chi connectivity index (χ1) is 7.47. The Labute approximate surface area is 103 Å². The van der Waals surface area contributed by atoms with Crippen molar-refractivity contribution in [2.45, 2.75) is 44.3 Å². The lowest BCUT2D eigenvalue weighted by atomic mass is 10.2. The molecule has 3 N–H and O–H groups in total. The Morgan fingerprint density at radius 3 is 2.62 bits per heavy atom. The van der Waals surface area contributed by atoms with Gasteiger partial charge in [-0.3, -0.25) is 0 Å². The highest BCUT2D eigenvalue weighted by Crippen LogP contribution is 2.33. The van der Waals surface area contributed by atoms with Crippen LogP contribution in [0.15, 0.2) is 0 Å². The number of nitrogens with one attached hydrogen (secondary N) is 1. The first kappa shape index (κ1) is 13.9. The summed E-state index contributed by atoms with van der Waals surface area (Å²) in [4.78, 5) is 0.0530. The molecule has 0 bridgehead atoms. The minimum absolute atomic E-state index is 0.0530. The average Bonchev–Trinajstić information content (AvgIpc) is 2.96. The molecule has 0 saturated heterocycles. The molecular weight excluding hydrogens is 244 g/mol. The maximum absolute atomic E-state index is 11.8. The molecule has 1 saturated carbocycles. The van der Waals surface area contributed by atoms with Gasteiger partial charge in [0.1, 0.15) is 5.25 Å². The van der Waals surface area contributed by atoms with Crippen LogP contribution < -0.4 is 10.5 Å². The first-order valence-corrected chi connectivity index (χ1v) is 7.70.